The van der Waals surface area contributed by atoms with Crippen LogP contribution in [0.5, 0.6) is 0 Å². The van der Waals surface area contributed by atoms with Crippen molar-refractivity contribution in [1.29, 1.82) is 0 Å². The molecule has 1 saturated heterocycles. The zero-order chi connectivity index (χ0) is 12.9. The Morgan fingerprint density at radius 3 is 2.71 bits per heavy atom. The average molecular weight is 240 g/mol. The zero-order valence-corrected chi connectivity index (χ0v) is 11.9. The van der Waals surface area contributed by atoms with Crippen LogP contribution < -0.4 is 0 Å². The Morgan fingerprint density at radius 2 is 2.18 bits per heavy atom. The molecule has 3 nitrogen and oxygen atoms in total. The normalized spacial score (nSPS) is 25.1. The molecule has 0 radical (unpaired) electrons. The number of nitrogens with zero attached hydrogens (tertiary/aromatic N) is 2. The Bertz CT molecular complexity index is 244. The lowest BCUT2D eigenvalue weighted by molar-refractivity contribution is -0.116. The van der Waals surface area contributed by atoms with E-state index in [1.165, 1.54) is 19.4 Å². The summed E-state index contributed by atoms with van der Waals surface area (Å²) in [6.45, 7) is 10.8. The van der Waals surface area contributed by atoms with Gasteiger partial charge in [-0.1, -0.05) is 20.8 Å². The summed E-state index contributed by atoms with van der Waals surface area (Å²) in [5, 5.41) is 0. The lowest BCUT2D eigenvalue weighted by atomic mass is 9.89. The van der Waals surface area contributed by atoms with Crippen molar-refractivity contribution in [2.24, 2.45) is 5.41 Å². The lowest BCUT2D eigenvalue weighted by Gasteiger charge is -2.32. The Balaban J connectivity index is 2.43. The highest BCUT2D eigenvalue weighted by Gasteiger charge is 2.27. The second-order valence-corrected chi connectivity index (χ2v) is 5.75. The van der Waals surface area contributed by atoms with E-state index in [1.807, 2.05) is 0 Å². The molecular weight excluding hydrogens is 212 g/mol. The van der Waals surface area contributed by atoms with E-state index < -0.39 is 0 Å². The van der Waals surface area contributed by atoms with Crippen LogP contribution in [0.4, 0.5) is 0 Å². The highest BCUT2D eigenvalue weighted by Crippen LogP contribution is 2.21. The van der Waals surface area contributed by atoms with Crippen molar-refractivity contribution in [1.82, 2.24) is 9.80 Å². The van der Waals surface area contributed by atoms with Gasteiger partial charge < -0.3 is 9.69 Å². The lowest BCUT2D eigenvalue weighted by Crippen LogP contribution is -2.42. The van der Waals surface area contributed by atoms with E-state index >= 15 is 0 Å². The van der Waals surface area contributed by atoms with E-state index in [1.54, 1.807) is 0 Å². The first-order valence-corrected chi connectivity index (χ1v) is 6.93. The summed E-state index contributed by atoms with van der Waals surface area (Å²) in [5.74, 6) is 0. The number of carbonyl (C=O) groups excluding carboxylic acids is 1. The molecule has 0 spiro atoms. The minimum atomic E-state index is -0.176. The first kappa shape index (κ1) is 14.7. The van der Waals surface area contributed by atoms with Gasteiger partial charge in [-0.3, -0.25) is 4.90 Å². The zero-order valence-electron chi connectivity index (χ0n) is 11.9. The van der Waals surface area contributed by atoms with Gasteiger partial charge in [0.05, 0.1) is 0 Å². The van der Waals surface area contributed by atoms with E-state index in [4.69, 9.17) is 0 Å². The SMILES string of the molecule is CCN1CCCC1CN(C)CC(C)(C=O)CC. The molecule has 100 valence electrons. The molecule has 17 heavy (non-hydrogen) atoms. The number of hydrogen-bond donors (Lipinski definition) is 0. The van der Waals surface area contributed by atoms with Crippen LogP contribution in [0.1, 0.15) is 40.0 Å². The first-order chi connectivity index (χ1) is 8.04. The molecule has 3 heteroatoms. The Kier molecular flexibility index (Phi) is 5.60. The minimum absolute atomic E-state index is 0.176. The van der Waals surface area contributed by atoms with Crippen molar-refractivity contribution >= 4 is 6.29 Å². The molecule has 1 fully saturated rings. The van der Waals surface area contributed by atoms with Gasteiger partial charge >= 0.3 is 0 Å². The topological polar surface area (TPSA) is 23.6 Å². The highest BCUT2D eigenvalue weighted by molar-refractivity contribution is 5.58. The summed E-state index contributed by atoms with van der Waals surface area (Å²) in [6.07, 6.45) is 4.67. The molecule has 0 bridgehead atoms. The van der Waals surface area contributed by atoms with Crippen LogP contribution in [0.2, 0.25) is 0 Å². The fraction of sp³-hybridized carbons (Fsp3) is 0.929. The molecule has 0 aliphatic carbocycles. The Morgan fingerprint density at radius 1 is 1.47 bits per heavy atom. The van der Waals surface area contributed by atoms with Crippen molar-refractivity contribution in [2.45, 2.75) is 46.1 Å². The molecule has 0 aromatic rings. The molecule has 0 aromatic heterocycles. The Labute approximate surface area is 106 Å². The average Bonchev–Trinajstić information content (AvgIpc) is 2.75. The Hall–Kier alpha value is -0.410. The van der Waals surface area contributed by atoms with Crippen LogP contribution in [-0.2, 0) is 4.79 Å². The number of aldehydes is 1. The molecule has 0 amide bonds. The van der Waals surface area contributed by atoms with Gasteiger partial charge in [0, 0.05) is 24.5 Å². The summed E-state index contributed by atoms with van der Waals surface area (Å²) >= 11 is 0. The van der Waals surface area contributed by atoms with Gasteiger partial charge in [0.2, 0.25) is 0 Å². The molecule has 2 unspecified atom stereocenters. The highest BCUT2D eigenvalue weighted by atomic mass is 16.1. The van der Waals surface area contributed by atoms with Crippen molar-refractivity contribution in [2.75, 3.05) is 33.2 Å². The standard InChI is InChI=1S/C14H28N2O/c1-5-14(3,12-17)11-15(4)10-13-8-7-9-16(13)6-2/h12-13H,5-11H2,1-4H3. The van der Waals surface area contributed by atoms with Gasteiger partial charge in [-0.05, 0) is 39.4 Å². The molecular formula is C14H28N2O. The van der Waals surface area contributed by atoms with Crippen LogP contribution in [0.3, 0.4) is 0 Å². The predicted molar refractivity (Wildman–Crippen MR) is 72.2 cm³/mol. The minimum Gasteiger partial charge on any atom is -0.304 e. The maximum absolute atomic E-state index is 11.1. The number of likely N-dealkylation sites (tertiary alicyclic amines) is 1. The van der Waals surface area contributed by atoms with Crippen LogP contribution in [-0.4, -0.2) is 55.4 Å². The molecule has 1 heterocycles. The summed E-state index contributed by atoms with van der Waals surface area (Å²) in [4.78, 5) is 16.0. The second-order valence-electron chi connectivity index (χ2n) is 5.75. The van der Waals surface area contributed by atoms with Gasteiger partial charge in [0.15, 0.2) is 0 Å². The van der Waals surface area contributed by atoms with Gasteiger partial charge in [-0.25, -0.2) is 0 Å². The van der Waals surface area contributed by atoms with E-state index in [0.29, 0.717) is 6.04 Å². The predicted octanol–water partition coefficient (Wildman–Crippen LogP) is 2.02. The fourth-order valence-corrected chi connectivity index (χ4v) is 2.79. The van der Waals surface area contributed by atoms with Crippen LogP contribution in [0.25, 0.3) is 0 Å². The summed E-state index contributed by atoms with van der Waals surface area (Å²) in [7, 11) is 2.14. The van der Waals surface area contributed by atoms with E-state index in [2.05, 4.69) is 37.6 Å². The van der Waals surface area contributed by atoms with Gasteiger partial charge in [-0.2, -0.15) is 0 Å². The summed E-state index contributed by atoms with van der Waals surface area (Å²) < 4.78 is 0. The van der Waals surface area contributed by atoms with Crippen LogP contribution in [0, 0.1) is 5.41 Å². The van der Waals surface area contributed by atoms with Crippen LogP contribution >= 0.6 is 0 Å². The van der Waals surface area contributed by atoms with Crippen molar-refractivity contribution < 1.29 is 4.79 Å². The summed E-state index contributed by atoms with van der Waals surface area (Å²) in [5.41, 5.74) is -0.176. The monoisotopic (exact) mass is 240 g/mol. The quantitative estimate of drug-likeness (QED) is 0.636. The number of carbonyl (C=O) groups is 1. The summed E-state index contributed by atoms with van der Waals surface area (Å²) in [6, 6.07) is 0.692. The fourth-order valence-electron chi connectivity index (χ4n) is 2.79. The van der Waals surface area contributed by atoms with Crippen molar-refractivity contribution in [3.05, 3.63) is 0 Å². The molecule has 0 saturated carbocycles. The second kappa shape index (κ2) is 6.50. The van der Waals surface area contributed by atoms with Crippen LogP contribution in [0.15, 0.2) is 0 Å². The molecule has 2 atom stereocenters. The van der Waals surface area contributed by atoms with E-state index in [9.17, 15) is 4.79 Å². The molecule has 1 aliphatic heterocycles. The first-order valence-electron chi connectivity index (χ1n) is 6.93. The van der Waals surface area contributed by atoms with E-state index in [0.717, 1.165) is 32.3 Å². The third-order valence-corrected chi connectivity index (χ3v) is 4.15. The maximum Gasteiger partial charge on any atom is 0.127 e. The van der Waals surface area contributed by atoms with E-state index in [-0.39, 0.29) is 5.41 Å². The number of likely N-dealkylation sites (N-methyl/N-ethyl adjacent to an activating group) is 2. The third-order valence-electron chi connectivity index (χ3n) is 4.15. The maximum atomic E-state index is 11.1. The van der Waals surface area contributed by atoms with Gasteiger partial charge in [0.25, 0.3) is 0 Å². The van der Waals surface area contributed by atoms with Crippen molar-refractivity contribution in [3.8, 4) is 0 Å². The number of rotatable bonds is 7. The van der Waals surface area contributed by atoms with Gasteiger partial charge in [-0.15, -0.1) is 0 Å². The molecule has 1 rings (SSSR count). The number of hydrogen-bond acceptors (Lipinski definition) is 3. The molecule has 0 aromatic carbocycles. The molecule has 1 aliphatic rings. The molecule has 0 N–H and O–H groups in total. The third kappa shape index (κ3) is 4.07. The smallest absolute Gasteiger partial charge is 0.127 e. The largest absolute Gasteiger partial charge is 0.304 e. The van der Waals surface area contributed by atoms with Gasteiger partial charge in [0.1, 0.15) is 6.29 Å². The van der Waals surface area contributed by atoms with Crippen molar-refractivity contribution in [3.63, 3.8) is 0 Å².